The van der Waals surface area contributed by atoms with E-state index < -0.39 is 12.0 Å². The topological polar surface area (TPSA) is 78.4 Å². The van der Waals surface area contributed by atoms with Crippen molar-refractivity contribution in [3.63, 3.8) is 0 Å². The number of nitrogens with one attached hydrogen (secondary N) is 2. The maximum Gasteiger partial charge on any atom is 0.326 e. The standard InChI is InChI=1S/C12H20N2O3S/c1-18-12(4-5-12)7-13-11(17)14-9(10(15)16)6-8-2-3-8/h8-9H,2-7H2,1H3,(H,15,16)(H2,13,14,17). The molecule has 1 unspecified atom stereocenters. The molecule has 0 spiro atoms. The van der Waals surface area contributed by atoms with Crippen molar-refractivity contribution in [3.05, 3.63) is 0 Å². The number of carboxylic acids is 1. The largest absolute Gasteiger partial charge is 0.480 e. The van der Waals surface area contributed by atoms with E-state index >= 15 is 0 Å². The summed E-state index contributed by atoms with van der Waals surface area (Å²) in [6, 6.07) is -1.11. The molecule has 0 aromatic rings. The number of thioether (sulfide) groups is 1. The molecule has 0 bridgehead atoms. The molecule has 2 aliphatic rings. The lowest BCUT2D eigenvalue weighted by molar-refractivity contribution is -0.139. The summed E-state index contributed by atoms with van der Waals surface area (Å²) >= 11 is 1.77. The fourth-order valence-corrected chi connectivity index (χ4v) is 2.68. The molecule has 0 aliphatic heterocycles. The van der Waals surface area contributed by atoms with E-state index in [-0.39, 0.29) is 10.8 Å². The van der Waals surface area contributed by atoms with E-state index in [1.165, 1.54) is 0 Å². The molecule has 0 aromatic heterocycles. The van der Waals surface area contributed by atoms with Crippen LogP contribution in [0.15, 0.2) is 0 Å². The molecule has 2 rings (SSSR count). The first-order valence-electron chi connectivity index (χ1n) is 6.37. The van der Waals surface area contributed by atoms with Crippen LogP contribution < -0.4 is 10.6 Å². The molecular formula is C12H20N2O3S. The molecule has 2 fully saturated rings. The number of aliphatic carboxylic acids is 1. The van der Waals surface area contributed by atoms with Gasteiger partial charge < -0.3 is 15.7 Å². The molecule has 18 heavy (non-hydrogen) atoms. The summed E-state index contributed by atoms with van der Waals surface area (Å²) < 4.78 is 0.201. The summed E-state index contributed by atoms with van der Waals surface area (Å²) in [6.45, 7) is 0.621. The Bertz CT molecular complexity index is 340. The van der Waals surface area contributed by atoms with Gasteiger partial charge in [0.15, 0.2) is 0 Å². The van der Waals surface area contributed by atoms with E-state index in [0.29, 0.717) is 18.9 Å². The van der Waals surface area contributed by atoms with Crippen molar-refractivity contribution in [1.82, 2.24) is 10.6 Å². The molecule has 0 heterocycles. The molecule has 0 aromatic carbocycles. The van der Waals surface area contributed by atoms with Crippen LogP contribution in [-0.2, 0) is 4.79 Å². The molecular weight excluding hydrogens is 252 g/mol. The third-order valence-electron chi connectivity index (χ3n) is 3.68. The maximum atomic E-state index is 11.7. The molecule has 2 saturated carbocycles. The molecule has 0 saturated heterocycles. The van der Waals surface area contributed by atoms with Gasteiger partial charge in [-0.2, -0.15) is 11.8 Å². The van der Waals surface area contributed by atoms with E-state index in [0.717, 1.165) is 25.7 Å². The summed E-state index contributed by atoms with van der Waals surface area (Å²) in [6.07, 6.45) is 7.01. The molecule has 6 heteroatoms. The number of urea groups is 1. The Morgan fingerprint density at radius 2 is 2.11 bits per heavy atom. The first-order chi connectivity index (χ1) is 8.54. The van der Waals surface area contributed by atoms with Crippen molar-refractivity contribution in [2.75, 3.05) is 12.8 Å². The third kappa shape index (κ3) is 3.80. The second-order valence-electron chi connectivity index (χ2n) is 5.28. The number of carbonyl (C=O) groups is 2. The van der Waals surface area contributed by atoms with Gasteiger partial charge in [-0.3, -0.25) is 0 Å². The first kappa shape index (κ1) is 13.5. The van der Waals surface area contributed by atoms with E-state index in [1.807, 2.05) is 6.26 Å². The summed E-state index contributed by atoms with van der Waals surface area (Å²) in [5.74, 6) is -0.463. The first-order valence-corrected chi connectivity index (χ1v) is 7.59. The fourth-order valence-electron chi connectivity index (χ4n) is 1.95. The average Bonchev–Trinajstić information content (AvgIpc) is 3.22. The molecule has 0 radical (unpaired) electrons. The number of carboxylic acid groups (broad SMARTS) is 1. The van der Waals surface area contributed by atoms with E-state index in [4.69, 9.17) is 5.11 Å². The molecule has 1 atom stereocenters. The Morgan fingerprint density at radius 1 is 1.44 bits per heavy atom. The number of amides is 2. The summed E-state index contributed by atoms with van der Waals surface area (Å²) in [5, 5.41) is 14.4. The van der Waals surface area contributed by atoms with Gasteiger partial charge >= 0.3 is 12.0 Å². The SMILES string of the molecule is CSC1(CNC(=O)NC(CC2CC2)C(=O)O)CC1. The third-order valence-corrected chi connectivity index (χ3v) is 5.10. The Morgan fingerprint density at radius 3 is 2.56 bits per heavy atom. The van der Waals surface area contributed by atoms with Crippen LogP contribution in [0.4, 0.5) is 4.79 Å². The Kier molecular flexibility index (Phi) is 4.04. The van der Waals surface area contributed by atoms with E-state index in [2.05, 4.69) is 10.6 Å². The predicted molar refractivity (Wildman–Crippen MR) is 70.8 cm³/mol. The molecule has 5 nitrogen and oxygen atoms in total. The Hall–Kier alpha value is -0.910. The minimum atomic E-state index is -0.942. The van der Waals surface area contributed by atoms with Crippen LogP contribution in [0.25, 0.3) is 0 Å². The summed E-state index contributed by atoms with van der Waals surface area (Å²) in [5.41, 5.74) is 0. The van der Waals surface area contributed by atoms with Crippen LogP contribution in [0, 0.1) is 5.92 Å². The fraction of sp³-hybridized carbons (Fsp3) is 0.833. The predicted octanol–water partition coefficient (Wildman–Crippen LogP) is 1.43. The highest BCUT2D eigenvalue weighted by molar-refractivity contribution is 8.00. The monoisotopic (exact) mass is 272 g/mol. The lowest BCUT2D eigenvalue weighted by Crippen LogP contribution is -2.47. The minimum Gasteiger partial charge on any atom is -0.480 e. The quantitative estimate of drug-likeness (QED) is 0.655. The molecule has 3 N–H and O–H groups in total. The van der Waals surface area contributed by atoms with Gasteiger partial charge in [-0.05, 0) is 31.4 Å². The van der Waals surface area contributed by atoms with Crippen LogP contribution >= 0.6 is 11.8 Å². The zero-order valence-corrected chi connectivity index (χ0v) is 11.4. The smallest absolute Gasteiger partial charge is 0.326 e. The highest BCUT2D eigenvalue weighted by atomic mass is 32.2. The van der Waals surface area contributed by atoms with Gasteiger partial charge in [-0.25, -0.2) is 9.59 Å². The highest BCUT2D eigenvalue weighted by Gasteiger charge is 2.42. The van der Waals surface area contributed by atoms with Crippen molar-refractivity contribution in [1.29, 1.82) is 0 Å². The summed E-state index contributed by atoms with van der Waals surface area (Å²) in [4.78, 5) is 22.7. The number of carbonyl (C=O) groups excluding carboxylic acids is 1. The van der Waals surface area contributed by atoms with Crippen LogP contribution in [0.5, 0.6) is 0 Å². The van der Waals surface area contributed by atoms with Crippen molar-refractivity contribution >= 4 is 23.8 Å². The van der Waals surface area contributed by atoms with Gasteiger partial charge in [0.2, 0.25) is 0 Å². The lowest BCUT2D eigenvalue weighted by Gasteiger charge is -2.17. The zero-order chi connectivity index (χ0) is 13.2. The van der Waals surface area contributed by atoms with Crippen LogP contribution in [0.3, 0.4) is 0 Å². The van der Waals surface area contributed by atoms with E-state index in [1.54, 1.807) is 11.8 Å². The second-order valence-corrected chi connectivity index (χ2v) is 6.56. The zero-order valence-electron chi connectivity index (χ0n) is 10.6. The normalized spacial score (nSPS) is 22.1. The van der Waals surface area contributed by atoms with Gasteiger partial charge in [0.25, 0.3) is 0 Å². The van der Waals surface area contributed by atoms with Crippen molar-refractivity contribution < 1.29 is 14.7 Å². The van der Waals surface area contributed by atoms with Gasteiger partial charge in [0.1, 0.15) is 6.04 Å². The van der Waals surface area contributed by atoms with Crippen molar-refractivity contribution in [3.8, 4) is 0 Å². The summed E-state index contributed by atoms with van der Waals surface area (Å²) in [7, 11) is 0. The second kappa shape index (κ2) is 5.38. The number of rotatable bonds is 7. The van der Waals surface area contributed by atoms with Gasteiger partial charge in [0, 0.05) is 11.3 Å². The molecule has 2 amide bonds. The van der Waals surface area contributed by atoms with Gasteiger partial charge in [0.05, 0.1) is 0 Å². The van der Waals surface area contributed by atoms with Gasteiger partial charge in [-0.15, -0.1) is 0 Å². The van der Waals surface area contributed by atoms with Crippen LogP contribution in [0.2, 0.25) is 0 Å². The van der Waals surface area contributed by atoms with Crippen molar-refractivity contribution in [2.24, 2.45) is 5.92 Å². The molecule has 2 aliphatic carbocycles. The van der Waals surface area contributed by atoms with E-state index in [9.17, 15) is 9.59 Å². The Balaban J connectivity index is 1.72. The molecule has 102 valence electrons. The van der Waals surface area contributed by atoms with Crippen LogP contribution in [0.1, 0.15) is 32.1 Å². The van der Waals surface area contributed by atoms with Crippen LogP contribution in [-0.4, -0.2) is 40.7 Å². The van der Waals surface area contributed by atoms with Crippen molar-refractivity contribution in [2.45, 2.75) is 42.9 Å². The number of hydrogen-bond donors (Lipinski definition) is 3. The number of hydrogen-bond acceptors (Lipinski definition) is 3. The highest BCUT2D eigenvalue weighted by Crippen LogP contribution is 2.46. The minimum absolute atomic E-state index is 0.201. The maximum absolute atomic E-state index is 11.7. The van der Waals surface area contributed by atoms with Gasteiger partial charge in [-0.1, -0.05) is 12.8 Å². The lowest BCUT2D eigenvalue weighted by atomic mass is 10.1. The average molecular weight is 272 g/mol. The Labute approximate surface area is 111 Å².